The molecule has 2 heterocycles. The Morgan fingerprint density at radius 3 is 2.50 bits per heavy atom. The molecule has 0 spiro atoms. The van der Waals surface area contributed by atoms with Gasteiger partial charge in [-0.05, 0) is 25.0 Å². The van der Waals surface area contributed by atoms with Crippen molar-refractivity contribution in [1.29, 1.82) is 0 Å². The molecule has 2 aliphatic heterocycles. The predicted molar refractivity (Wildman–Crippen MR) is 79.9 cm³/mol. The van der Waals surface area contributed by atoms with Crippen LogP contribution in [0.5, 0.6) is 11.5 Å². The van der Waals surface area contributed by atoms with E-state index >= 15 is 0 Å². The third-order valence-electron chi connectivity index (χ3n) is 3.98. The summed E-state index contributed by atoms with van der Waals surface area (Å²) in [6.45, 7) is 2.10. The first-order valence-electron chi connectivity index (χ1n) is 7.38. The van der Waals surface area contributed by atoms with Crippen LogP contribution in [0.4, 0.5) is 10.5 Å². The van der Waals surface area contributed by atoms with Crippen molar-refractivity contribution in [2.45, 2.75) is 12.8 Å². The van der Waals surface area contributed by atoms with Crippen molar-refractivity contribution in [2.24, 2.45) is 11.7 Å². The van der Waals surface area contributed by atoms with E-state index in [9.17, 15) is 9.59 Å². The van der Waals surface area contributed by atoms with Gasteiger partial charge >= 0.3 is 6.03 Å². The Morgan fingerprint density at radius 2 is 1.82 bits per heavy atom. The van der Waals surface area contributed by atoms with Gasteiger partial charge in [-0.15, -0.1) is 0 Å². The first-order chi connectivity index (χ1) is 10.6. The molecule has 7 nitrogen and oxygen atoms in total. The Balaban J connectivity index is 1.59. The Labute approximate surface area is 128 Å². The Morgan fingerprint density at radius 1 is 1.14 bits per heavy atom. The fourth-order valence-electron chi connectivity index (χ4n) is 2.69. The molecule has 1 aromatic rings. The summed E-state index contributed by atoms with van der Waals surface area (Å²) in [4.78, 5) is 25.1. The van der Waals surface area contributed by atoms with Crippen molar-refractivity contribution < 1.29 is 19.1 Å². The Kier molecular flexibility index (Phi) is 4.04. The second-order valence-electron chi connectivity index (χ2n) is 5.45. The van der Waals surface area contributed by atoms with Crippen LogP contribution >= 0.6 is 0 Å². The number of amides is 3. The van der Waals surface area contributed by atoms with Crippen LogP contribution < -0.4 is 20.5 Å². The monoisotopic (exact) mass is 305 g/mol. The van der Waals surface area contributed by atoms with E-state index in [1.54, 1.807) is 23.1 Å². The number of likely N-dealkylation sites (tertiary alicyclic amines) is 1. The zero-order valence-corrected chi connectivity index (χ0v) is 12.2. The molecular weight excluding hydrogens is 286 g/mol. The molecule has 3 N–H and O–H groups in total. The van der Waals surface area contributed by atoms with Gasteiger partial charge in [-0.3, -0.25) is 4.79 Å². The number of primary amides is 1. The minimum Gasteiger partial charge on any atom is -0.486 e. The number of fused-ring (bicyclic) bond motifs is 1. The highest BCUT2D eigenvalue weighted by molar-refractivity contribution is 5.90. The second kappa shape index (κ2) is 6.13. The van der Waals surface area contributed by atoms with Crippen molar-refractivity contribution in [3.63, 3.8) is 0 Å². The summed E-state index contributed by atoms with van der Waals surface area (Å²) in [5.41, 5.74) is 5.95. The largest absolute Gasteiger partial charge is 0.486 e. The number of carbonyl (C=O) groups excluding carboxylic acids is 2. The summed E-state index contributed by atoms with van der Waals surface area (Å²) in [5.74, 6) is 0.910. The summed E-state index contributed by atoms with van der Waals surface area (Å²) in [5, 5.41) is 2.84. The van der Waals surface area contributed by atoms with Gasteiger partial charge in [0.1, 0.15) is 13.2 Å². The molecule has 0 aromatic heterocycles. The van der Waals surface area contributed by atoms with E-state index in [4.69, 9.17) is 15.2 Å². The van der Waals surface area contributed by atoms with Crippen molar-refractivity contribution in [2.75, 3.05) is 31.6 Å². The van der Waals surface area contributed by atoms with Crippen LogP contribution in [0, 0.1) is 5.92 Å². The molecule has 1 fully saturated rings. The minimum absolute atomic E-state index is 0.127. The first-order valence-corrected chi connectivity index (χ1v) is 7.38. The number of nitrogens with one attached hydrogen (secondary N) is 1. The molecule has 0 atom stereocenters. The number of benzene rings is 1. The highest BCUT2D eigenvalue weighted by Gasteiger charge is 2.26. The smallest absolute Gasteiger partial charge is 0.321 e. The van der Waals surface area contributed by atoms with Gasteiger partial charge in [-0.2, -0.15) is 0 Å². The van der Waals surface area contributed by atoms with Gasteiger partial charge in [0.2, 0.25) is 5.91 Å². The summed E-state index contributed by atoms with van der Waals surface area (Å²) in [6.07, 6.45) is 1.23. The van der Waals surface area contributed by atoms with Crippen LogP contribution in [0.15, 0.2) is 18.2 Å². The van der Waals surface area contributed by atoms with Crippen molar-refractivity contribution in [3.05, 3.63) is 18.2 Å². The zero-order valence-electron chi connectivity index (χ0n) is 12.2. The molecule has 7 heteroatoms. The van der Waals surface area contributed by atoms with Crippen LogP contribution in [0.3, 0.4) is 0 Å². The van der Waals surface area contributed by atoms with E-state index in [-0.39, 0.29) is 17.9 Å². The van der Waals surface area contributed by atoms with E-state index < -0.39 is 0 Å². The number of nitrogens with two attached hydrogens (primary N) is 1. The molecule has 3 amide bonds. The van der Waals surface area contributed by atoms with E-state index in [2.05, 4.69) is 5.32 Å². The average Bonchev–Trinajstić information content (AvgIpc) is 2.55. The lowest BCUT2D eigenvalue weighted by Gasteiger charge is -2.30. The Hall–Kier alpha value is -2.44. The maximum Gasteiger partial charge on any atom is 0.321 e. The standard InChI is InChI=1S/C15H19N3O4/c16-14(19)10-3-5-18(6-4-10)15(20)17-11-1-2-12-13(9-11)22-8-7-21-12/h1-2,9-10H,3-8H2,(H2,16,19)(H,17,20). The summed E-state index contributed by atoms with van der Waals surface area (Å²) < 4.78 is 10.9. The molecule has 3 rings (SSSR count). The maximum absolute atomic E-state index is 12.2. The molecule has 0 saturated carbocycles. The molecule has 1 aromatic carbocycles. The quantitative estimate of drug-likeness (QED) is 0.858. The van der Waals surface area contributed by atoms with Gasteiger partial charge in [0.15, 0.2) is 11.5 Å². The third-order valence-corrected chi connectivity index (χ3v) is 3.98. The van der Waals surface area contributed by atoms with Gasteiger partial charge < -0.3 is 25.4 Å². The number of hydrogen-bond donors (Lipinski definition) is 2. The zero-order chi connectivity index (χ0) is 15.5. The molecule has 118 valence electrons. The van der Waals surface area contributed by atoms with Gasteiger partial charge in [0, 0.05) is 30.8 Å². The number of rotatable bonds is 2. The van der Waals surface area contributed by atoms with Crippen LogP contribution in [-0.2, 0) is 4.79 Å². The molecule has 0 radical (unpaired) electrons. The van der Waals surface area contributed by atoms with Gasteiger partial charge in [-0.1, -0.05) is 0 Å². The van der Waals surface area contributed by atoms with E-state index in [1.165, 1.54) is 0 Å². The molecule has 2 aliphatic rings. The van der Waals surface area contributed by atoms with Gasteiger partial charge in [0.25, 0.3) is 0 Å². The van der Waals surface area contributed by atoms with Crippen molar-refractivity contribution >= 4 is 17.6 Å². The predicted octanol–water partition coefficient (Wildman–Crippen LogP) is 1.19. The van der Waals surface area contributed by atoms with Crippen LogP contribution in [0.25, 0.3) is 0 Å². The van der Waals surface area contributed by atoms with Gasteiger partial charge in [0.05, 0.1) is 0 Å². The summed E-state index contributed by atoms with van der Waals surface area (Å²) in [7, 11) is 0. The number of hydrogen-bond acceptors (Lipinski definition) is 4. The number of ether oxygens (including phenoxy) is 2. The number of nitrogens with zero attached hydrogens (tertiary/aromatic N) is 1. The highest BCUT2D eigenvalue weighted by Crippen LogP contribution is 2.32. The van der Waals surface area contributed by atoms with Crippen LogP contribution in [0.1, 0.15) is 12.8 Å². The lowest BCUT2D eigenvalue weighted by atomic mass is 9.96. The van der Waals surface area contributed by atoms with E-state index in [0.29, 0.717) is 56.3 Å². The van der Waals surface area contributed by atoms with E-state index in [0.717, 1.165) is 0 Å². The Bertz CT molecular complexity index is 582. The topological polar surface area (TPSA) is 93.9 Å². The normalized spacial score (nSPS) is 17.9. The molecule has 0 aliphatic carbocycles. The maximum atomic E-state index is 12.2. The average molecular weight is 305 g/mol. The molecule has 0 bridgehead atoms. The SMILES string of the molecule is NC(=O)C1CCN(C(=O)Nc2ccc3c(c2)OCCO3)CC1. The molecule has 1 saturated heterocycles. The lowest BCUT2D eigenvalue weighted by Crippen LogP contribution is -2.43. The number of carbonyl (C=O) groups is 2. The molecule has 0 unspecified atom stereocenters. The fraction of sp³-hybridized carbons (Fsp3) is 0.467. The van der Waals surface area contributed by atoms with Crippen molar-refractivity contribution in [1.82, 2.24) is 4.90 Å². The van der Waals surface area contributed by atoms with Crippen LogP contribution in [-0.4, -0.2) is 43.1 Å². The summed E-state index contributed by atoms with van der Waals surface area (Å²) >= 11 is 0. The molecular formula is C15H19N3O4. The minimum atomic E-state index is -0.285. The van der Waals surface area contributed by atoms with E-state index in [1.807, 2.05) is 0 Å². The number of piperidine rings is 1. The van der Waals surface area contributed by atoms with Crippen molar-refractivity contribution in [3.8, 4) is 11.5 Å². The third kappa shape index (κ3) is 3.08. The first kappa shape index (κ1) is 14.5. The fourth-order valence-corrected chi connectivity index (χ4v) is 2.69. The number of anilines is 1. The summed E-state index contributed by atoms with van der Waals surface area (Å²) in [6, 6.07) is 5.13. The van der Waals surface area contributed by atoms with Gasteiger partial charge in [-0.25, -0.2) is 4.79 Å². The second-order valence-corrected chi connectivity index (χ2v) is 5.45. The highest BCUT2D eigenvalue weighted by atomic mass is 16.6. The molecule has 22 heavy (non-hydrogen) atoms. The number of urea groups is 1. The van der Waals surface area contributed by atoms with Crippen LogP contribution in [0.2, 0.25) is 0 Å². The lowest BCUT2D eigenvalue weighted by molar-refractivity contribution is -0.122.